The molecule has 1 amide bonds. The Hall–Kier alpha value is -0.570. The van der Waals surface area contributed by atoms with Gasteiger partial charge in [0, 0.05) is 6.54 Å². The van der Waals surface area contributed by atoms with Crippen molar-refractivity contribution >= 4 is 5.91 Å². The maximum Gasteiger partial charge on any atom is 0.241 e. The van der Waals surface area contributed by atoms with E-state index in [-0.39, 0.29) is 18.1 Å². The van der Waals surface area contributed by atoms with Gasteiger partial charge in [-0.3, -0.25) is 10.1 Å². The normalized spacial score (nSPS) is 31.1. The number of nitrogens with one attached hydrogen (secondary N) is 1. The molecule has 1 N–H and O–H groups in total. The van der Waals surface area contributed by atoms with Crippen LogP contribution in [0.3, 0.4) is 0 Å². The molecule has 76 valence electrons. The Labute approximate surface area is 80.5 Å². The molecule has 1 fully saturated rings. The lowest BCUT2D eigenvalue weighted by Gasteiger charge is -2.18. The molecule has 3 atom stereocenters. The van der Waals surface area contributed by atoms with Crippen LogP contribution in [-0.4, -0.2) is 29.6 Å². The quantitative estimate of drug-likeness (QED) is 0.714. The van der Waals surface area contributed by atoms with Crippen molar-refractivity contribution in [3.63, 3.8) is 0 Å². The molecule has 3 unspecified atom stereocenters. The van der Waals surface area contributed by atoms with Gasteiger partial charge in [-0.05, 0) is 19.8 Å². The second-order valence-electron chi connectivity index (χ2n) is 3.83. The lowest BCUT2D eigenvalue weighted by molar-refractivity contribution is -0.130. The number of amides is 1. The van der Waals surface area contributed by atoms with E-state index in [4.69, 9.17) is 0 Å². The summed E-state index contributed by atoms with van der Waals surface area (Å²) < 4.78 is 0. The van der Waals surface area contributed by atoms with Crippen LogP contribution in [0.1, 0.15) is 34.1 Å². The fourth-order valence-electron chi connectivity index (χ4n) is 1.86. The molecule has 3 heteroatoms. The first-order chi connectivity index (χ1) is 6.11. The fourth-order valence-corrected chi connectivity index (χ4v) is 1.86. The van der Waals surface area contributed by atoms with E-state index >= 15 is 0 Å². The zero-order chi connectivity index (χ0) is 10.0. The minimum absolute atomic E-state index is 0.0416. The molecule has 0 aromatic carbocycles. The second-order valence-corrected chi connectivity index (χ2v) is 3.83. The van der Waals surface area contributed by atoms with Crippen LogP contribution >= 0.6 is 0 Å². The highest BCUT2D eigenvalue weighted by Gasteiger charge is 2.37. The van der Waals surface area contributed by atoms with Crippen molar-refractivity contribution in [2.75, 3.05) is 6.54 Å². The molecule has 0 aliphatic carbocycles. The number of likely N-dealkylation sites (N-methyl/N-ethyl adjacent to an activating group) is 1. The monoisotopic (exact) mass is 184 g/mol. The maximum atomic E-state index is 11.8. The summed E-state index contributed by atoms with van der Waals surface area (Å²) in [5.41, 5.74) is 0. The highest BCUT2D eigenvalue weighted by atomic mass is 16.2. The van der Waals surface area contributed by atoms with Crippen LogP contribution in [0, 0.1) is 5.92 Å². The molecule has 0 saturated carbocycles. The standard InChI is InChI=1S/C10H20N2O/c1-5-7(3)9-10(13)12(6-2)8(4)11-9/h7-9,11H,5-6H2,1-4H3. The van der Waals surface area contributed by atoms with Crippen LogP contribution in [0.2, 0.25) is 0 Å². The third kappa shape index (κ3) is 1.85. The van der Waals surface area contributed by atoms with E-state index in [1.54, 1.807) is 0 Å². The summed E-state index contributed by atoms with van der Waals surface area (Å²) in [4.78, 5) is 13.7. The van der Waals surface area contributed by atoms with Crippen molar-refractivity contribution in [3.8, 4) is 0 Å². The van der Waals surface area contributed by atoms with Crippen molar-refractivity contribution in [3.05, 3.63) is 0 Å². The van der Waals surface area contributed by atoms with Crippen molar-refractivity contribution in [2.45, 2.75) is 46.3 Å². The van der Waals surface area contributed by atoms with Gasteiger partial charge >= 0.3 is 0 Å². The van der Waals surface area contributed by atoms with Crippen molar-refractivity contribution < 1.29 is 4.79 Å². The first-order valence-corrected chi connectivity index (χ1v) is 5.18. The van der Waals surface area contributed by atoms with E-state index in [1.165, 1.54) is 0 Å². The summed E-state index contributed by atoms with van der Waals surface area (Å²) in [5, 5.41) is 3.33. The van der Waals surface area contributed by atoms with E-state index in [0.717, 1.165) is 13.0 Å². The molecular formula is C10H20N2O. The Morgan fingerprint density at radius 2 is 2.15 bits per heavy atom. The minimum atomic E-state index is 0.0416. The Bertz CT molecular complexity index is 193. The number of hydrogen-bond donors (Lipinski definition) is 1. The Morgan fingerprint density at radius 3 is 2.54 bits per heavy atom. The van der Waals surface area contributed by atoms with Gasteiger partial charge in [-0.1, -0.05) is 20.3 Å². The van der Waals surface area contributed by atoms with Crippen molar-refractivity contribution in [1.82, 2.24) is 10.2 Å². The van der Waals surface area contributed by atoms with Gasteiger partial charge in [-0.15, -0.1) is 0 Å². The molecule has 1 aliphatic rings. The molecule has 13 heavy (non-hydrogen) atoms. The van der Waals surface area contributed by atoms with Crippen LogP contribution in [0.15, 0.2) is 0 Å². The highest BCUT2D eigenvalue weighted by molar-refractivity contribution is 5.84. The topological polar surface area (TPSA) is 32.3 Å². The molecule has 1 heterocycles. The van der Waals surface area contributed by atoms with Gasteiger partial charge in [0.2, 0.25) is 5.91 Å². The number of hydrogen-bond acceptors (Lipinski definition) is 2. The summed E-state index contributed by atoms with van der Waals surface area (Å²) >= 11 is 0. The molecule has 0 aromatic rings. The first kappa shape index (κ1) is 10.5. The molecular weight excluding hydrogens is 164 g/mol. The van der Waals surface area contributed by atoms with E-state index in [9.17, 15) is 4.79 Å². The predicted molar refractivity (Wildman–Crippen MR) is 53.2 cm³/mol. The highest BCUT2D eigenvalue weighted by Crippen LogP contribution is 2.18. The first-order valence-electron chi connectivity index (χ1n) is 5.18. The van der Waals surface area contributed by atoms with Crippen LogP contribution in [0.25, 0.3) is 0 Å². The fraction of sp³-hybridized carbons (Fsp3) is 0.900. The van der Waals surface area contributed by atoms with Crippen molar-refractivity contribution in [2.24, 2.45) is 5.92 Å². The van der Waals surface area contributed by atoms with Crippen LogP contribution < -0.4 is 5.32 Å². The second kappa shape index (κ2) is 4.09. The van der Waals surface area contributed by atoms with Crippen LogP contribution in [0.4, 0.5) is 0 Å². The third-order valence-corrected chi connectivity index (χ3v) is 2.99. The molecule has 0 radical (unpaired) electrons. The summed E-state index contributed by atoms with van der Waals surface area (Å²) in [6.45, 7) is 9.12. The minimum Gasteiger partial charge on any atom is -0.326 e. The van der Waals surface area contributed by atoms with Crippen molar-refractivity contribution in [1.29, 1.82) is 0 Å². The maximum absolute atomic E-state index is 11.8. The van der Waals surface area contributed by atoms with Gasteiger partial charge in [0.15, 0.2) is 0 Å². The van der Waals surface area contributed by atoms with Crippen LogP contribution in [-0.2, 0) is 4.79 Å². The molecule has 1 rings (SSSR count). The molecule has 1 saturated heterocycles. The number of carbonyl (C=O) groups excluding carboxylic acids is 1. The van der Waals surface area contributed by atoms with E-state index in [1.807, 2.05) is 18.7 Å². The smallest absolute Gasteiger partial charge is 0.241 e. The van der Waals surface area contributed by atoms with Gasteiger partial charge in [0.1, 0.15) is 0 Å². The third-order valence-electron chi connectivity index (χ3n) is 2.99. The number of carbonyl (C=O) groups is 1. The largest absolute Gasteiger partial charge is 0.326 e. The summed E-state index contributed by atoms with van der Waals surface area (Å²) in [6, 6.07) is 0.0416. The van der Waals surface area contributed by atoms with Gasteiger partial charge in [0.25, 0.3) is 0 Å². The predicted octanol–water partition coefficient (Wildman–Crippen LogP) is 1.20. The molecule has 1 aliphatic heterocycles. The SMILES string of the molecule is CCC(C)C1NC(C)N(CC)C1=O. The lowest BCUT2D eigenvalue weighted by atomic mass is 9.99. The molecule has 0 bridgehead atoms. The van der Waals surface area contributed by atoms with E-state index < -0.39 is 0 Å². The summed E-state index contributed by atoms with van der Waals surface area (Å²) in [6.07, 6.45) is 1.25. The van der Waals surface area contributed by atoms with Gasteiger partial charge in [-0.25, -0.2) is 0 Å². The Balaban J connectivity index is 2.67. The van der Waals surface area contributed by atoms with Crippen LogP contribution in [0.5, 0.6) is 0 Å². The molecule has 0 aromatic heterocycles. The average Bonchev–Trinajstić information content (AvgIpc) is 2.40. The zero-order valence-corrected chi connectivity index (χ0v) is 9.00. The number of nitrogens with zero attached hydrogens (tertiary/aromatic N) is 1. The van der Waals surface area contributed by atoms with Gasteiger partial charge in [0.05, 0.1) is 12.2 Å². The molecule has 3 nitrogen and oxygen atoms in total. The zero-order valence-electron chi connectivity index (χ0n) is 9.00. The summed E-state index contributed by atoms with van der Waals surface area (Å²) in [7, 11) is 0. The summed E-state index contributed by atoms with van der Waals surface area (Å²) in [5.74, 6) is 0.704. The Morgan fingerprint density at radius 1 is 1.54 bits per heavy atom. The molecule has 0 spiro atoms. The van der Waals surface area contributed by atoms with E-state index in [2.05, 4.69) is 19.2 Å². The van der Waals surface area contributed by atoms with E-state index in [0.29, 0.717) is 5.92 Å². The lowest BCUT2D eigenvalue weighted by Crippen LogP contribution is -2.35. The Kier molecular flexibility index (Phi) is 3.31. The number of rotatable bonds is 3. The van der Waals surface area contributed by atoms with Gasteiger partial charge < -0.3 is 4.90 Å². The average molecular weight is 184 g/mol. The van der Waals surface area contributed by atoms with Gasteiger partial charge in [-0.2, -0.15) is 0 Å².